The standard InChI is InChI=1S/C9H13O8/c10-2-1-5(11)16-3-4-6(12)7(13)8(14)9(15)17-4/h4,6-9,12-15H,1,3H2/t4-,6-,7+,8-,9-/m1/s1. The minimum atomic E-state index is -1.69. The molecular formula is C9H13O8. The van der Waals surface area contributed by atoms with E-state index in [9.17, 15) is 19.8 Å². The highest BCUT2D eigenvalue weighted by Gasteiger charge is 2.43. The van der Waals surface area contributed by atoms with Gasteiger partial charge in [-0.3, -0.25) is 9.59 Å². The topological polar surface area (TPSA) is 134 Å². The monoisotopic (exact) mass is 249 g/mol. The Morgan fingerprint density at radius 2 is 1.82 bits per heavy atom. The molecule has 0 aliphatic carbocycles. The van der Waals surface area contributed by atoms with Crippen LogP contribution in [-0.4, -0.2) is 70.0 Å². The number of hydrogen-bond donors (Lipinski definition) is 4. The third-order valence-electron chi connectivity index (χ3n) is 2.31. The van der Waals surface area contributed by atoms with Crippen LogP contribution in [0.2, 0.25) is 0 Å². The third-order valence-corrected chi connectivity index (χ3v) is 2.31. The van der Waals surface area contributed by atoms with Crippen LogP contribution in [0.5, 0.6) is 0 Å². The summed E-state index contributed by atoms with van der Waals surface area (Å²) in [5.74, 6) is -0.870. The van der Waals surface area contributed by atoms with Gasteiger partial charge in [-0.05, 0) is 0 Å². The number of rotatable bonds is 4. The molecule has 1 radical (unpaired) electrons. The summed E-state index contributed by atoms with van der Waals surface area (Å²) in [6.45, 7) is -0.456. The van der Waals surface area contributed by atoms with E-state index in [4.69, 9.17) is 14.9 Å². The molecule has 1 saturated heterocycles. The molecule has 4 N–H and O–H groups in total. The normalized spacial score (nSPS) is 37.5. The van der Waals surface area contributed by atoms with E-state index in [-0.39, 0.29) is 0 Å². The van der Waals surface area contributed by atoms with Crippen molar-refractivity contribution in [3.63, 3.8) is 0 Å². The average molecular weight is 249 g/mol. The Morgan fingerprint density at radius 1 is 1.18 bits per heavy atom. The second-order valence-corrected chi connectivity index (χ2v) is 3.54. The Bertz CT molecular complexity index is 280. The Kier molecular flexibility index (Phi) is 4.97. The second-order valence-electron chi connectivity index (χ2n) is 3.54. The number of ether oxygens (including phenoxy) is 2. The van der Waals surface area contributed by atoms with Crippen molar-refractivity contribution in [1.29, 1.82) is 0 Å². The molecule has 0 bridgehead atoms. The van der Waals surface area contributed by atoms with Crippen molar-refractivity contribution in [3.05, 3.63) is 0 Å². The summed E-state index contributed by atoms with van der Waals surface area (Å²) in [4.78, 5) is 20.7. The van der Waals surface area contributed by atoms with Crippen LogP contribution in [0.3, 0.4) is 0 Å². The SMILES string of the molecule is O=[C]CC(=O)OC[C@H]1O[C@@H](O)[C@H](O)[C@@H](O)[C@@H]1O. The molecule has 5 atom stereocenters. The highest BCUT2D eigenvalue weighted by molar-refractivity contribution is 5.83. The Hall–Kier alpha value is -1.06. The number of carbonyl (C=O) groups excluding carboxylic acids is 2. The van der Waals surface area contributed by atoms with Gasteiger partial charge in [-0.15, -0.1) is 0 Å². The summed E-state index contributed by atoms with van der Waals surface area (Å²) in [7, 11) is 0. The first-order valence-electron chi connectivity index (χ1n) is 4.85. The first-order chi connectivity index (χ1) is 7.97. The zero-order valence-corrected chi connectivity index (χ0v) is 8.72. The van der Waals surface area contributed by atoms with E-state index in [0.29, 0.717) is 0 Å². The number of hydrogen-bond acceptors (Lipinski definition) is 8. The lowest BCUT2D eigenvalue weighted by Crippen LogP contribution is -2.58. The van der Waals surface area contributed by atoms with Crippen molar-refractivity contribution in [1.82, 2.24) is 0 Å². The molecule has 8 heteroatoms. The minimum absolute atomic E-state index is 0.456. The Morgan fingerprint density at radius 3 is 2.41 bits per heavy atom. The quantitative estimate of drug-likeness (QED) is 0.303. The van der Waals surface area contributed by atoms with Crippen LogP contribution in [0.4, 0.5) is 0 Å². The first-order valence-corrected chi connectivity index (χ1v) is 4.85. The molecule has 0 saturated carbocycles. The van der Waals surface area contributed by atoms with Gasteiger partial charge in [0.2, 0.25) is 6.29 Å². The average Bonchev–Trinajstić information content (AvgIpc) is 2.30. The number of carbonyl (C=O) groups is 1. The molecular weight excluding hydrogens is 236 g/mol. The molecule has 0 aromatic heterocycles. The van der Waals surface area contributed by atoms with Crippen LogP contribution in [-0.2, 0) is 19.1 Å². The van der Waals surface area contributed by atoms with Gasteiger partial charge in [-0.1, -0.05) is 0 Å². The van der Waals surface area contributed by atoms with E-state index in [1.807, 2.05) is 0 Å². The zero-order chi connectivity index (χ0) is 13.0. The lowest BCUT2D eigenvalue weighted by Gasteiger charge is -2.37. The van der Waals surface area contributed by atoms with Crippen LogP contribution in [0.1, 0.15) is 6.42 Å². The van der Waals surface area contributed by atoms with Gasteiger partial charge < -0.3 is 29.9 Å². The van der Waals surface area contributed by atoms with Crippen LogP contribution in [0, 0.1) is 0 Å². The molecule has 0 aromatic rings. The molecule has 1 aliphatic rings. The Balaban J connectivity index is 2.48. The maximum atomic E-state index is 10.8. The number of aliphatic hydroxyl groups excluding tert-OH is 4. The fourth-order valence-corrected chi connectivity index (χ4v) is 1.35. The summed E-state index contributed by atoms with van der Waals surface area (Å²) >= 11 is 0. The van der Waals surface area contributed by atoms with E-state index in [2.05, 4.69) is 4.74 Å². The molecule has 0 aromatic carbocycles. The molecule has 0 spiro atoms. The molecule has 97 valence electrons. The largest absolute Gasteiger partial charge is 0.462 e. The van der Waals surface area contributed by atoms with Gasteiger partial charge >= 0.3 is 5.97 Å². The van der Waals surface area contributed by atoms with E-state index >= 15 is 0 Å². The predicted molar refractivity (Wildman–Crippen MR) is 50.2 cm³/mol. The van der Waals surface area contributed by atoms with Gasteiger partial charge in [0.15, 0.2) is 6.29 Å². The van der Waals surface area contributed by atoms with Crippen LogP contribution >= 0.6 is 0 Å². The van der Waals surface area contributed by atoms with Gasteiger partial charge in [-0.25, -0.2) is 0 Å². The van der Waals surface area contributed by atoms with E-state index in [1.165, 1.54) is 6.29 Å². The fourth-order valence-electron chi connectivity index (χ4n) is 1.35. The fraction of sp³-hybridized carbons (Fsp3) is 0.778. The summed E-state index contributed by atoms with van der Waals surface area (Å²) in [6, 6.07) is 0. The maximum absolute atomic E-state index is 10.8. The molecule has 0 amide bonds. The molecule has 1 fully saturated rings. The highest BCUT2D eigenvalue weighted by atomic mass is 16.6. The van der Waals surface area contributed by atoms with E-state index in [1.54, 1.807) is 0 Å². The van der Waals surface area contributed by atoms with Gasteiger partial charge in [0.25, 0.3) is 0 Å². The number of esters is 1. The molecule has 0 unspecified atom stereocenters. The maximum Gasteiger partial charge on any atom is 0.313 e. The van der Waals surface area contributed by atoms with Crippen molar-refractivity contribution < 1.29 is 39.5 Å². The van der Waals surface area contributed by atoms with Gasteiger partial charge in [0.1, 0.15) is 37.4 Å². The molecule has 17 heavy (non-hydrogen) atoms. The lowest BCUT2D eigenvalue weighted by atomic mass is 9.99. The third kappa shape index (κ3) is 3.45. The summed E-state index contributed by atoms with van der Waals surface area (Å²) < 4.78 is 9.26. The van der Waals surface area contributed by atoms with Crippen molar-refractivity contribution >= 4 is 12.3 Å². The van der Waals surface area contributed by atoms with Crippen LogP contribution < -0.4 is 0 Å². The van der Waals surface area contributed by atoms with Gasteiger partial charge in [0.05, 0.1) is 0 Å². The molecule has 8 nitrogen and oxygen atoms in total. The van der Waals surface area contributed by atoms with Crippen molar-refractivity contribution in [2.45, 2.75) is 37.1 Å². The van der Waals surface area contributed by atoms with Crippen LogP contribution in [0.25, 0.3) is 0 Å². The number of aliphatic hydroxyl groups is 4. The molecule has 1 aliphatic heterocycles. The predicted octanol–water partition coefficient (Wildman–Crippen LogP) is -3.17. The van der Waals surface area contributed by atoms with E-state index < -0.39 is 49.7 Å². The van der Waals surface area contributed by atoms with Crippen molar-refractivity contribution in [3.8, 4) is 0 Å². The van der Waals surface area contributed by atoms with Crippen molar-refractivity contribution in [2.75, 3.05) is 6.61 Å². The highest BCUT2D eigenvalue weighted by Crippen LogP contribution is 2.20. The molecule has 1 rings (SSSR count). The Labute approximate surface area is 96.4 Å². The lowest BCUT2D eigenvalue weighted by molar-refractivity contribution is -0.287. The van der Waals surface area contributed by atoms with E-state index in [0.717, 1.165) is 0 Å². The van der Waals surface area contributed by atoms with Crippen molar-refractivity contribution in [2.24, 2.45) is 0 Å². The summed E-state index contributed by atoms with van der Waals surface area (Å²) in [5.41, 5.74) is 0. The van der Waals surface area contributed by atoms with Gasteiger partial charge in [0, 0.05) is 0 Å². The summed E-state index contributed by atoms with van der Waals surface area (Å²) in [6.07, 6.45) is -6.86. The second kappa shape index (κ2) is 6.03. The molecule has 1 heterocycles. The smallest absolute Gasteiger partial charge is 0.313 e. The minimum Gasteiger partial charge on any atom is -0.462 e. The first kappa shape index (κ1) is 14.0. The van der Waals surface area contributed by atoms with Gasteiger partial charge in [-0.2, -0.15) is 0 Å². The van der Waals surface area contributed by atoms with Crippen LogP contribution in [0.15, 0.2) is 0 Å². The zero-order valence-electron chi connectivity index (χ0n) is 8.72. The summed E-state index contributed by atoms with van der Waals surface area (Å²) in [5, 5.41) is 37.1.